The third-order valence-corrected chi connectivity index (χ3v) is 1.80. The number of ether oxygens (including phenoxy) is 1. The number of carbonyl (C=O) groups is 1. The Bertz CT molecular complexity index is 343. The number of rotatable bonds is 3. The molecule has 1 rings (SSSR count). The maximum atomic E-state index is 10.9. The SMILES string of the molecule is CC.Cc1cccc(C(=O)O)c1OC(C)C. The topological polar surface area (TPSA) is 46.5 Å². The Morgan fingerprint density at radius 1 is 1.31 bits per heavy atom. The third-order valence-electron chi connectivity index (χ3n) is 1.80. The molecular formula is C13H20O3. The highest BCUT2D eigenvalue weighted by Crippen LogP contribution is 2.24. The summed E-state index contributed by atoms with van der Waals surface area (Å²) in [7, 11) is 0. The van der Waals surface area contributed by atoms with Gasteiger partial charge in [0.25, 0.3) is 0 Å². The number of benzene rings is 1. The lowest BCUT2D eigenvalue weighted by atomic mass is 10.1. The normalized spacial score (nSPS) is 9.38. The molecule has 16 heavy (non-hydrogen) atoms. The summed E-state index contributed by atoms with van der Waals surface area (Å²) in [5.74, 6) is -0.487. The highest BCUT2D eigenvalue weighted by Gasteiger charge is 2.13. The molecule has 1 N–H and O–H groups in total. The number of hydrogen-bond acceptors (Lipinski definition) is 2. The third kappa shape index (κ3) is 3.93. The Balaban J connectivity index is 0.00000106. The number of hydrogen-bond donors (Lipinski definition) is 1. The van der Waals surface area contributed by atoms with Gasteiger partial charge in [-0.05, 0) is 32.4 Å². The van der Waals surface area contributed by atoms with Gasteiger partial charge in [0, 0.05) is 0 Å². The molecule has 0 aliphatic heterocycles. The van der Waals surface area contributed by atoms with Crippen LogP contribution in [0.5, 0.6) is 5.75 Å². The van der Waals surface area contributed by atoms with Crippen LogP contribution < -0.4 is 4.74 Å². The van der Waals surface area contributed by atoms with E-state index in [1.165, 1.54) is 0 Å². The summed E-state index contributed by atoms with van der Waals surface area (Å²) in [6.45, 7) is 9.58. The van der Waals surface area contributed by atoms with Crippen molar-refractivity contribution >= 4 is 5.97 Å². The van der Waals surface area contributed by atoms with Gasteiger partial charge in [0.15, 0.2) is 0 Å². The van der Waals surface area contributed by atoms with Crippen LogP contribution in [-0.4, -0.2) is 17.2 Å². The Morgan fingerprint density at radius 3 is 2.31 bits per heavy atom. The van der Waals surface area contributed by atoms with Crippen molar-refractivity contribution in [1.29, 1.82) is 0 Å². The van der Waals surface area contributed by atoms with E-state index in [0.717, 1.165) is 5.56 Å². The maximum absolute atomic E-state index is 10.9. The van der Waals surface area contributed by atoms with Gasteiger partial charge in [-0.25, -0.2) is 4.79 Å². The molecule has 0 unspecified atom stereocenters. The van der Waals surface area contributed by atoms with Crippen molar-refractivity contribution in [2.75, 3.05) is 0 Å². The standard InChI is InChI=1S/C11H14O3.C2H6/c1-7(2)14-10-8(3)5-4-6-9(10)11(12)13;1-2/h4-7H,1-3H3,(H,12,13);1-2H3. The molecule has 0 heterocycles. The first-order valence-electron chi connectivity index (χ1n) is 5.52. The zero-order valence-corrected chi connectivity index (χ0v) is 10.6. The number of carboxylic acid groups (broad SMARTS) is 1. The molecular weight excluding hydrogens is 204 g/mol. The predicted molar refractivity (Wildman–Crippen MR) is 65.3 cm³/mol. The summed E-state index contributed by atoms with van der Waals surface area (Å²) in [4.78, 5) is 10.9. The zero-order chi connectivity index (χ0) is 12.7. The highest BCUT2D eigenvalue weighted by molar-refractivity contribution is 5.91. The van der Waals surface area contributed by atoms with Crippen LogP contribution in [0.3, 0.4) is 0 Å². The second kappa shape index (κ2) is 6.88. The molecule has 0 atom stereocenters. The number of carboxylic acids is 1. The van der Waals surface area contributed by atoms with Crippen LogP contribution in [0.4, 0.5) is 0 Å². The first kappa shape index (κ1) is 14.5. The quantitative estimate of drug-likeness (QED) is 0.854. The predicted octanol–water partition coefficient (Wildman–Crippen LogP) is 3.51. The number of para-hydroxylation sites is 1. The van der Waals surface area contributed by atoms with E-state index in [4.69, 9.17) is 9.84 Å². The largest absolute Gasteiger partial charge is 0.490 e. The van der Waals surface area contributed by atoms with E-state index in [1.807, 2.05) is 40.7 Å². The molecule has 0 saturated heterocycles. The molecule has 0 bridgehead atoms. The van der Waals surface area contributed by atoms with Crippen molar-refractivity contribution in [2.24, 2.45) is 0 Å². The molecule has 0 amide bonds. The Morgan fingerprint density at radius 2 is 1.88 bits per heavy atom. The Labute approximate surface area is 97.1 Å². The monoisotopic (exact) mass is 224 g/mol. The van der Waals surface area contributed by atoms with Crippen LogP contribution in [0, 0.1) is 6.92 Å². The minimum Gasteiger partial charge on any atom is -0.490 e. The van der Waals surface area contributed by atoms with E-state index in [-0.39, 0.29) is 11.7 Å². The van der Waals surface area contributed by atoms with Gasteiger partial charge in [0.05, 0.1) is 6.10 Å². The molecule has 0 aliphatic rings. The Hall–Kier alpha value is -1.51. The van der Waals surface area contributed by atoms with Crippen LogP contribution in [0.1, 0.15) is 43.6 Å². The fourth-order valence-corrected chi connectivity index (χ4v) is 1.21. The molecule has 0 aromatic heterocycles. The van der Waals surface area contributed by atoms with Gasteiger partial charge in [0.1, 0.15) is 11.3 Å². The van der Waals surface area contributed by atoms with Crippen molar-refractivity contribution in [3.05, 3.63) is 29.3 Å². The van der Waals surface area contributed by atoms with E-state index in [1.54, 1.807) is 12.1 Å². The lowest BCUT2D eigenvalue weighted by Gasteiger charge is -2.14. The summed E-state index contributed by atoms with van der Waals surface area (Å²) in [5, 5.41) is 8.92. The van der Waals surface area contributed by atoms with E-state index < -0.39 is 5.97 Å². The van der Waals surface area contributed by atoms with Gasteiger partial charge in [-0.15, -0.1) is 0 Å². The molecule has 90 valence electrons. The second-order valence-electron chi connectivity index (χ2n) is 3.42. The van der Waals surface area contributed by atoms with Gasteiger partial charge >= 0.3 is 5.97 Å². The van der Waals surface area contributed by atoms with Crippen LogP contribution >= 0.6 is 0 Å². The summed E-state index contributed by atoms with van der Waals surface area (Å²) in [6, 6.07) is 5.10. The van der Waals surface area contributed by atoms with Crippen LogP contribution in [0.25, 0.3) is 0 Å². The molecule has 0 aliphatic carbocycles. The fourth-order valence-electron chi connectivity index (χ4n) is 1.21. The maximum Gasteiger partial charge on any atom is 0.339 e. The average molecular weight is 224 g/mol. The zero-order valence-electron chi connectivity index (χ0n) is 10.6. The van der Waals surface area contributed by atoms with Gasteiger partial charge in [-0.3, -0.25) is 0 Å². The molecule has 0 radical (unpaired) electrons. The average Bonchev–Trinajstić information content (AvgIpc) is 2.23. The van der Waals surface area contributed by atoms with Crippen LogP contribution in [-0.2, 0) is 0 Å². The molecule has 1 aromatic carbocycles. The van der Waals surface area contributed by atoms with Crippen molar-refractivity contribution in [3.63, 3.8) is 0 Å². The van der Waals surface area contributed by atoms with Crippen molar-refractivity contribution in [1.82, 2.24) is 0 Å². The Kier molecular flexibility index (Phi) is 6.23. The van der Waals surface area contributed by atoms with E-state index in [9.17, 15) is 4.79 Å². The minimum absolute atomic E-state index is 0.0193. The molecule has 0 saturated carbocycles. The fraction of sp³-hybridized carbons (Fsp3) is 0.462. The molecule has 3 nitrogen and oxygen atoms in total. The van der Waals surface area contributed by atoms with Gasteiger partial charge in [-0.1, -0.05) is 26.0 Å². The lowest BCUT2D eigenvalue weighted by molar-refractivity contribution is 0.0690. The smallest absolute Gasteiger partial charge is 0.339 e. The van der Waals surface area contributed by atoms with Crippen molar-refractivity contribution in [2.45, 2.75) is 40.7 Å². The van der Waals surface area contributed by atoms with Gasteiger partial charge in [0.2, 0.25) is 0 Å². The molecule has 1 aromatic rings. The number of aromatic carboxylic acids is 1. The van der Waals surface area contributed by atoms with Gasteiger partial charge in [-0.2, -0.15) is 0 Å². The van der Waals surface area contributed by atoms with E-state index in [2.05, 4.69) is 0 Å². The molecule has 0 fully saturated rings. The number of aryl methyl sites for hydroxylation is 1. The summed E-state index contributed by atoms with van der Waals surface area (Å²) in [5.41, 5.74) is 1.07. The highest BCUT2D eigenvalue weighted by atomic mass is 16.5. The van der Waals surface area contributed by atoms with Crippen molar-refractivity contribution < 1.29 is 14.6 Å². The van der Waals surface area contributed by atoms with Crippen molar-refractivity contribution in [3.8, 4) is 5.75 Å². The van der Waals surface area contributed by atoms with Crippen LogP contribution in [0.2, 0.25) is 0 Å². The summed E-state index contributed by atoms with van der Waals surface area (Å²) < 4.78 is 5.46. The first-order valence-corrected chi connectivity index (χ1v) is 5.52. The summed E-state index contributed by atoms with van der Waals surface area (Å²) >= 11 is 0. The van der Waals surface area contributed by atoms with E-state index in [0.29, 0.717) is 5.75 Å². The first-order chi connectivity index (χ1) is 7.52. The van der Waals surface area contributed by atoms with Crippen LogP contribution in [0.15, 0.2) is 18.2 Å². The minimum atomic E-state index is -0.954. The molecule has 3 heteroatoms. The summed E-state index contributed by atoms with van der Waals surface area (Å²) in [6.07, 6.45) is -0.0193. The van der Waals surface area contributed by atoms with Gasteiger partial charge < -0.3 is 9.84 Å². The second-order valence-corrected chi connectivity index (χ2v) is 3.42. The lowest BCUT2D eigenvalue weighted by Crippen LogP contribution is -2.11. The molecule has 0 spiro atoms. The van der Waals surface area contributed by atoms with E-state index >= 15 is 0 Å².